The van der Waals surface area contributed by atoms with Crippen molar-refractivity contribution in [2.24, 2.45) is 0 Å². The van der Waals surface area contributed by atoms with Gasteiger partial charge in [0.25, 0.3) is 5.56 Å². The van der Waals surface area contributed by atoms with Crippen LogP contribution in [0, 0.1) is 6.92 Å². The van der Waals surface area contributed by atoms with Crippen LogP contribution in [0.25, 0.3) is 10.8 Å². The summed E-state index contributed by atoms with van der Waals surface area (Å²) in [5.41, 5.74) is 0.0202. The molecule has 1 N–H and O–H groups in total. The van der Waals surface area contributed by atoms with Crippen LogP contribution < -0.4 is 5.56 Å². The molecule has 0 unspecified atom stereocenters. The van der Waals surface area contributed by atoms with Crippen molar-refractivity contribution < 1.29 is 18.3 Å². The molecular weight excluding hydrogens is 273 g/mol. The Morgan fingerprint density at radius 1 is 1.30 bits per heavy atom. The number of benzene rings is 1. The summed E-state index contributed by atoms with van der Waals surface area (Å²) in [7, 11) is 0. The van der Waals surface area contributed by atoms with Crippen LogP contribution in [0.5, 0.6) is 0 Å². The highest BCUT2D eigenvalue weighted by atomic mass is 19.4. The summed E-state index contributed by atoms with van der Waals surface area (Å²) in [6, 6.07) is 6.72. The van der Waals surface area contributed by atoms with E-state index in [0.717, 1.165) is 4.68 Å². The molecule has 7 heteroatoms. The molecule has 1 atom stereocenters. The summed E-state index contributed by atoms with van der Waals surface area (Å²) in [4.78, 5) is 12.1. The molecule has 0 aliphatic carbocycles. The van der Waals surface area contributed by atoms with Gasteiger partial charge in [0.05, 0.1) is 30.1 Å². The van der Waals surface area contributed by atoms with Gasteiger partial charge in [0, 0.05) is 5.39 Å². The maximum atomic E-state index is 12.2. The number of hydrogen-bond donors (Lipinski definition) is 1. The largest absolute Gasteiger partial charge is 0.391 e. The maximum Gasteiger partial charge on any atom is 0.391 e. The fourth-order valence-electron chi connectivity index (χ4n) is 2.06. The minimum atomic E-state index is -4.48. The van der Waals surface area contributed by atoms with Crippen molar-refractivity contribution in [2.45, 2.75) is 32.2 Å². The average molecular weight is 286 g/mol. The van der Waals surface area contributed by atoms with Crippen LogP contribution in [0.3, 0.4) is 0 Å². The first kappa shape index (κ1) is 14.5. The Kier molecular flexibility index (Phi) is 3.80. The number of aliphatic hydroxyl groups excluding tert-OH is 1. The van der Waals surface area contributed by atoms with E-state index in [1.54, 1.807) is 31.2 Å². The van der Waals surface area contributed by atoms with Crippen molar-refractivity contribution in [2.75, 3.05) is 0 Å². The number of aromatic nitrogens is 2. The molecule has 0 saturated heterocycles. The molecule has 0 aliphatic heterocycles. The Morgan fingerprint density at radius 2 is 1.90 bits per heavy atom. The van der Waals surface area contributed by atoms with E-state index in [1.807, 2.05) is 0 Å². The third kappa shape index (κ3) is 3.16. The standard InChI is InChI=1S/C13H13F3N2O2/c1-8-10-4-2-3-5-11(10)12(20)18(17-8)7-9(19)6-13(14,15)16/h2-5,9,19H,6-7H2,1H3/t9-/m0/s1. The van der Waals surface area contributed by atoms with Crippen LogP contribution in [0.1, 0.15) is 12.1 Å². The quantitative estimate of drug-likeness (QED) is 0.939. The first-order valence-electron chi connectivity index (χ1n) is 5.99. The Balaban J connectivity index is 2.36. The first-order chi connectivity index (χ1) is 9.28. The van der Waals surface area contributed by atoms with Gasteiger partial charge in [0.15, 0.2) is 0 Å². The summed E-state index contributed by atoms with van der Waals surface area (Å²) < 4.78 is 37.4. The minimum Gasteiger partial charge on any atom is -0.391 e. The highest BCUT2D eigenvalue weighted by Crippen LogP contribution is 2.22. The van der Waals surface area contributed by atoms with E-state index in [0.29, 0.717) is 16.5 Å². The number of aliphatic hydroxyl groups is 1. The molecule has 108 valence electrons. The van der Waals surface area contributed by atoms with Crippen LogP contribution in [-0.4, -0.2) is 27.2 Å². The van der Waals surface area contributed by atoms with Gasteiger partial charge in [-0.25, -0.2) is 4.68 Å². The zero-order chi connectivity index (χ0) is 14.9. The summed E-state index contributed by atoms with van der Waals surface area (Å²) in [5, 5.41) is 14.4. The molecule has 2 aromatic rings. The van der Waals surface area contributed by atoms with E-state index in [-0.39, 0.29) is 0 Å². The number of hydrogen-bond acceptors (Lipinski definition) is 3. The van der Waals surface area contributed by atoms with E-state index >= 15 is 0 Å². The van der Waals surface area contributed by atoms with Gasteiger partial charge in [-0.15, -0.1) is 0 Å². The lowest BCUT2D eigenvalue weighted by molar-refractivity contribution is -0.155. The van der Waals surface area contributed by atoms with E-state index in [9.17, 15) is 23.1 Å². The normalized spacial score (nSPS) is 13.7. The van der Waals surface area contributed by atoms with Gasteiger partial charge < -0.3 is 5.11 Å². The molecule has 0 spiro atoms. The number of rotatable bonds is 3. The van der Waals surface area contributed by atoms with Gasteiger partial charge in [0.2, 0.25) is 0 Å². The summed E-state index contributed by atoms with van der Waals surface area (Å²) in [6.07, 6.45) is -7.54. The van der Waals surface area contributed by atoms with Gasteiger partial charge >= 0.3 is 6.18 Å². The fourth-order valence-corrected chi connectivity index (χ4v) is 2.06. The van der Waals surface area contributed by atoms with Crippen LogP contribution in [0.4, 0.5) is 13.2 Å². The number of halogens is 3. The first-order valence-corrected chi connectivity index (χ1v) is 5.99. The summed E-state index contributed by atoms with van der Waals surface area (Å²) in [6.45, 7) is 1.18. The summed E-state index contributed by atoms with van der Waals surface area (Å²) >= 11 is 0. The van der Waals surface area contributed by atoms with Gasteiger partial charge in [-0.2, -0.15) is 18.3 Å². The molecule has 1 aromatic carbocycles. The van der Waals surface area contributed by atoms with Crippen LogP contribution in [0.2, 0.25) is 0 Å². The van der Waals surface area contributed by atoms with Crippen LogP contribution in [-0.2, 0) is 6.54 Å². The van der Waals surface area contributed by atoms with Gasteiger partial charge in [-0.05, 0) is 13.0 Å². The van der Waals surface area contributed by atoms with Gasteiger partial charge in [-0.1, -0.05) is 18.2 Å². The Bertz CT molecular complexity index is 679. The fraction of sp³-hybridized carbons (Fsp3) is 0.385. The molecule has 2 rings (SSSR count). The van der Waals surface area contributed by atoms with Crippen molar-refractivity contribution in [3.63, 3.8) is 0 Å². The van der Waals surface area contributed by atoms with Crippen LogP contribution in [0.15, 0.2) is 29.1 Å². The molecule has 0 fully saturated rings. The molecule has 1 aromatic heterocycles. The lowest BCUT2D eigenvalue weighted by Gasteiger charge is -2.15. The maximum absolute atomic E-state index is 12.2. The number of aryl methyl sites for hydroxylation is 1. The highest BCUT2D eigenvalue weighted by Gasteiger charge is 2.31. The van der Waals surface area contributed by atoms with E-state index in [2.05, 4.69) is 5.10 Å². The number of alkyl halides is 3. The van der Waals surface area contributed by atoms with Crippen molar-refractivity contribution in [1.82, 2.24) is 9.78 Å². The second-order valence-electron chi connectivity index (χ2n) is 4.59. The lowest BCUT2D eigenvalue weighted by atomic mass is 10.1. The number of nitrogens with zero attached hydrogens (tertiary/aromatic N) is 2. The molecular formula is C13H13F3N2O2. The zero-order valence-corrected chi connectivity index (χ0v) is 10.7. The van der Waals surface area contributed by atoms with Gasteiger partial charge in [0.1, 0.15) is 0 Å². The van der Waals surface area contributed by atoms with Crippen molar-refractivity contribution in [1.29, 1.82) is 0 Å². The molecule has 0 radical (unpaired) electrons. The van der Waals surface area contributed by atoms with E-state index in [1.165, 1.54) is 0 Å². The van der Waals surface area contributed by atoms with E-state index < -0.39 is 30.8 Å². The predicted molar refractivity (Wildman–Crippen MR) is 67.4 cm³/mol. The lowest BCUT2D eigenvalue weighted by Crippen LogP contribution is -2.32. The average Bonchev–Trinajstić information content (AvgIpc) is 2.33. The molecule has 20 heavy (non-hydrogen) atoms. The Labute approximate surface area is 112 Å². The van der Waals surface area contributed by atoms with Crippen molar-refractivity contribution in [3.05, 3.63) is 40.3 Å². The van der Waals surface area contributed by atoms with Crippen molar-refractivity contribution >= 4 is 10.8 Å². The third-order valence-corrected chi connectivity index (χ3v) is 2.90. The monoisotopic (exact) mass is 286 g/mol. The topological polar surface area (TPSA) is 55.1 Å². The summed E-state index contributed by atoms with van der Waals surface area (Å²) in [5.74, 6) is 0. The Morgan fingerprint density at radius 3 is 2.50 bits per heavy atom. The molecule has 1 heterocycles. The molecule has 0 bridgehead atoms. The number of fused-ring (bicyclic) bond motifs is 1. The minimum absolute atomic E-state index is 0.374. The molecule has 4 nitrogen and oxygen atoms in total. The highest BCUT2D eigenvalue weighted by molar-refractivity contribution is 5.83. The molecule has 0 amide bonds. The van der Waals surface area contributed by atoms with Crippen LogP contribution >= 0.6 is 0 Å². The third-order valence-electron chi connectivity index (χ3n) is 2.90. The predicted octanol–water partition coefficient (Wildman–Crippen LogP) is 2.02. The second kappa shape index (κ2) is 5.24. The Hall–Kier alpha value is -1.89. The molecule has 0 aliphatic rings. The zero-order valence-electron chi connectivity index (χ0n) is 10.7. The van der Waals surface area contributed by atoms with E-state index in [4.69, 9.17) is 0 Å². The molecule has 0 saturated carbocycles. The smallest absolute Gasteiger partial charge is 0.391 e. The van der Waals surface area contributed by atoms with Crippen molar-refractivity contribution in [3.8, 4) is 0 Å². The van der Waals surface area contributed by atoms with Gasteiger partial charge in [-0.3, -0.25) is 4.79 Å². The SMILES string of the molecule is Cc1nn(C[C@@H](O)CC(F)(F)F)c(=O)c2ccccc12. The second-order valence-corrected chi connectivity index (χ2v) is 4.59.